The van der Waals surface area contributed by atoms with Gasteiger partial charge >= 0.3 is 11.7 Å². The van der Waals surface area contributed by atoms with E-state index in [1.54, 1.807) is 24.3 Å². The highest BCUT2D eigenvalue weighted by atomic mass is 16.4. The zero-order chi connectivity index (χ0) is 15.5. The van der Waals surface area contributed by atoms with Crippen molar-refractivity contribution in [2.24, 2.45) is 5.73 Å². The molecule has 7 nitrogen and oxygen atoms in total. The molecule has 0 fully saturated rings. The third kappa shape index (κ3) is 3.46. The van der Waals surface area contributed by atoms with Gasteiger partial charge in [-0.1, -0.05) is 30.3 Å². The topological polar surface area (TPSA) is 129 Å². The number of hydrogen-bond donors (Lipinski definition) is 4. The van der Waals surface area contributed by atoms with Gasteiger partial charge in [0, 0.05) is 24.6 Å². The Morgan fingerprint density at radius 2 is 1.86 bits per heavy atom. The van der Waals surface area contributed by atoms with Gasteiger partial charge in [0.2, 0.25) is 0 Å². The molecule has 0 amide bonds. The highest BCUT2D eigenvalue weighted by molar-refractivity contribution is 5.79. The molecule has 1 heterocycles. The van der Waals surface area contributed by atoms with Crippen LogP contribution in [0, 0.1) is 0 Å². The Morgan fingerprint density at radius 3 is 2.43 bits per heavy atom. The van der Waals surface area contributed by atoms with E-state index in [4.69, 9.17) is 5.73 Å². The number of aromatic amines is 2. The summed E-state index contributed by atoms with van der Waals surface area (Å²) in [6, 6.07) is 8.91. The van der Waals surface area contributed by atoms with E-state index in [-0.39, 0.29) is 18.4 Å². The van der Waals surface area contributed by atoms with Crippen molar-refractivity contribution in [1.82, 2.24) is 9.97 Å². The average molecular weight is 289 g/mol. The minimum atomic E-state index is -1.63. The molecule has 110 valence electrons. The number of hydrogen-bond acceptors (Lipinski definition) is 4. The first-order chi connectivity index (χ1) is 9.90. The van der Waals surface area contributed by atoms with Crippen molar-refractivity contribution in [3.8, 4) is 0 Å². The third-order valence-corrected chi connectivity index (χ3v) is 3.19. The number of benzene rings is 1. The summed E-state index contributed by atoms with van der Waals surface area (Å²) in [7, 11) is 0. The van der Waals surface area contributed by atoms with Crippen molar-refractivity contribution < 1.29 is 9.90 Å². The summed E-state index contributed by atoms with van der Waals surface area (Å²) in [5.74, 6) is -1.21. The molecule has 0 aliphatic heterocycles. The number of aliphatic carboxylic acids is 1. The van der Waals surface area contributed by atoms with Crippen LogP contribution in [-0.4, -0.2) is 26.6 Å². The number of carboxylic acid groups (broad SMARTS) is 1. The monoisotopic (exact) mass is 289 g/mol. The van der Waals surface area contributed by atoms with Gasteiger partial charge in [-0.15, -0.1) is 0 Å². The molecular weight excluding hydrogens is 274 g/mol. The fourth-order valence-corrected chi connectivity index (χ4v) is 2.08. The molecule has 0 bridgehead atoms. The number of carboxylic acids is 1. The number of aromatic nitrogens is 2. The SMILES string of the molecule is N[C@@](Cc1ccccc1)(Cc1c[nH]c(=O)[nH]c1=O)C(=O)O. The molecule has 5 N–H and O–H groups in total. The van der Waals surface area contributed by atoms with Crippen LogP contribution in [0.4, 0.5) is 0 Å². The van der Waals surface area contributed by atoms with E-state index in [9.17, 15) is 19.5 Å². The smallest absolute Gasteiger partial charge is 0.325 e. The van der Waals surface area contributed by atoms with Crippen LogP contribution in [0.2, 0.25) is 0 Å². The Balaban J connectivity index is 2.32. The highest BCUT2D eigenvalue weighted by Gasteiger charge is 2.35. The van der Waals surface area contributed by atoms with E-state index >= 15 is 0 Å². The summed E-state index contributed by atoms with van der Waals surface area (Å²) in [6.07, 6.45) is 1.07. The lowest BCUT2D eigenvalue weighted by Gasteiger charge is -2.24. The first-order valence-corrected chi connectivity index (χ1v) is 6.28. The van der Waals surface area contributed by atoms with Gasteiger partial charge in [-0.25, -0.2) is 4.79 Å². The van der Waals surface area contributed by atoms with Crippen molar-refractivity contribution in [3.63, 3.8) is 0 Å². The fourth-order valence-electron chi connectivity index (χ4n) is 2.08. The molecule has 0 aliphatic rings. The molecular formula is C14H15N3O4. The third-order valence-electron chi connectivity index (χ3n) is 3.19. The van der Waals surface area contributed by atoms with Crippen molar-refractivity contribution in [1.29, 1.82) is 0 Å². The Morgan fingerprint density at radius 1 is 1.19 bits per heavy atom. The van der Waals surface area contributed by atoms with Crippen LogP contribution in [-0.2, 0) is 17.6 Å². The molecule has 1 aromatic heterocycles. The maximum atomic E-state index is 11.7. The van der Waals surface area contributed by atoms with E-state index in [1.807, 2.05) is 11.1 Å². The van der Waals surface area contributed by atoms with E-state index in [2.05, 4.69) is 4.98 Å². The number of nitrogens with two attached hydrogens (primary N) is 1. The molecule has 2 aromatic rings. The lowest BCUT2D eigenvalue weighted by molar-refractivity contribution is -0.143. The summed E-state index contributed by atoms with van der Waals surface area (Å²) in [6.45, 7) is 0. The van der Waals surface area contributed by atoms with Gasteiger partial charge < -0.3 is 15.8 Å². The number of H-pyrrole nitrogens is 2. The van der Waals surface area contributed by atoms with Gasteiger partial charge in [0.15, 0.2) is 0 Å². The predicted molar refractivity (Wildman–Crippen MR) is 76.1 cm³/mol. The van der Waals surface area contributed by atoms with E-state index < -0.39 is 22.8 Å². The second-order valence-electron chi connectivity index (χ2n) is 4.90. The van der Waals surface area contributed by atoms with Gasteiger partial charge in [0.25, 0.3) is 5.56 Å². The molecule has 2 rings (SSSR count). The Bertz CT molecular complexity index is 751. The largest absolute Gasteiger partial charge is 0.480 e. The predicted octanol–water partition coefficient (Wildman–Crippen LogP) is -0.370. The molecule has 7 heteroatoms. The molecule has 21 heavy (non-hydrogen) atoms. The first-order valence-electron chi connectivity index (χ1n) is 6.28. The molecule has 0 saturated heterocycles. The Hall–Kier alpha value is -2.67. The second-order valence-corrected chi connectivity index (χ2v) is 4.90. The number of carbonyl (C=O) groups is 1. The van der Waals surface area contributed by atoms with Crippen molar-refractivity contribution in [3.05, 3.63) is 68.5 Å². The Labute approximate surface area is 119 Å². The molecule has 0 saturated carbocycles. The zero-order valence-electron chi connectivity index (χ0n) is 11.1. The normalized spacial score (nSPS) is 13.6. The summed E-state index contributed by atoms with van der Waals surface area (Å²) in [5, 5.41) is 9.39. The van der Waals surface area contributed by atoms with Crippen molar-refractivity contribution >= 4 is 5.97 Å². The van der Waals surface area contributed by atoms with Gasteiger partial charge in [-0.05, 0) is 5.56 Å². The van der Waals surface area contributed by atoms with Gasteiger partial charge in [-0.2, -0.15) is 0 Å². The standard InChI is InChI=1S/C14H15N3O4/c15-14(12(19)20,6-9-4-2-1-3-5-9)7-10-8-16-13(21)17-11(10)18/h1-5,8H,6-7,15H2,(H,19,20)(H2,16,17,18,21)/t14-/m0/s1. The van der Waals surface area contributed by atoms with Crippen LogP contribution in [0.15, 0.2) is 46.1 Å². The number of rotatable bonds is 5. The zero-order valence-corrected chi connectivity index (χ0v) is 11.1. The Kier molecular flexibility index (Phi) is 4.04. The molecule has 1 atom stereocenters. The minimum absolute atomic E-state index is 0.0712. The van der Waals surface area contributed by atoms with E-state index in [0.717, 1.165) is 5.56 Å². The maximum Gasteiger partial charge on any atom is 0.325 e. The quantitative estimate of drug-likeness (QED) is 0.597. The average Bonchev–Trinajstić information content (AvgIpc) is 2.43. The summed E-state index contributed by atoms with van der Waals surface area (Å²) in [4.78, 5) is 38.5. The van der Waals surface area contributed by atoms with Crippen LogP contribution in [0.25, 0.3) is 0 Å². The van der Waals surface area contributed by atoms with Gasteiger partial charge in [-0.3, -0.25) is 14.6 Å². The lowest BCUT2D eigenvalue weighted by atomic mass is 9.86. The van der Waals surface area contributed by atoms with Crippen LogP contribution < -0.4 is 17.0 Å². The molecule has 0 spiro atoms. The van der Waals surface area contributed by atoms with E-state index in [1.165, 1.54) is 6.20 Å². The van der Waals surface area contributed by atoms with Crippen LogP contribution in [0.3, 0.4) is 0 Å². The van der Waals surface area contributed by atoms with Crippen LogP contribution >= 0.6 is 0 Å². The lowest BCUT2D eigenvalue weighted by Crippen LogP contribution is -2.52. The summed E-state index contributed by atoms with van der Waals surface area (Å²) < 4.78 is 0. The molecule has 0 radical (unpaired) electrons. The highest BCUT2D eigenvalue weighted by Crippen LogP contribution is 2.15. The molecule has 1 aromatic carbocycles. The number of nitrogens with one attached hydrogen (secondary N) is 2. The van der Waals surface area contributed by atoms with Crippen molar-refractivity contribution in [2.45, 2.75) is 18.4 Å². The second kappa shape index (κ2) is 5.76. The molecule has 0 aliphatic carbocycles. The summed E-state index contributed by atoms with van der Waals surface area (Å²) in [5.41, 5.74) is 3.92. The molecule has 0 unspecified atom stereocenters. The first kappa shape index (κ1) is 14.7. The van der Waals surface area contributed by atoms with Gasteiger partial charge in [0.1, 0.15) is 5.54 Å². The summed E-state index contributed by atoms with van der Waals surface area (Å²) >= 11 is 0. The van der Waals surface area contributed by atoms with Gasteiger partial charge in [0.05, 0.1) is 0 Å². The fraction of sp³-hybridized carbons (Fsp3) is 0.214. The van der Waals surface area contributed by atoms with E-state index in [0.29, 0.717) is 0 Å². The van der Waals surface area contributed by atoms with Crippen LogP contribution in [0.5, 0.6) is 0 Å². The van der Waals surface area contributed by atoms with Crippen LogP contribution in [0.1, 0.15) is 11.1 Å². The minimum Gasteiger partial charge on any atom is -0.480 e. The maximum absolute atomic E-state index is 11.7. The van der Waals surface area contributed by atoms with Crippen molar-refractivity contribution in [2.75, 3.05) is 0 Å².